The van der Waals surface area contributed by atoms with Crippen molar-refractivity contribution in [2.24, 2.45) is 0 Å². The number of halogens is 1. The van der Waals surface area contributed by atoms with Gasteiger partial charge < -0.3 is 19.9 Å². The number of benzene rings is 1. The molecule has 2 N–H and O–H groups in total. The van der Waals surface area contributed by atoms with Crippen LogP contribution in [0.1, 0.15) is 30.1 Å². The van der Waals surface area contributed by atoms with Crippen LogP contribution in [0.5, 0.6) is 11.5 Å². The average Bonchev–Trinajstić information content (AvgIpc) is 2.45. The Labute approximate surface area is 128 Å². The topological polar surface area (TPSA) is 84.9 Å². The minimum atomic E-state index is -1.07. The first-order chi connectivity index (χ1) is 9.94. The van der Waals surface area contributed by atoms with Crippen molar-refractivity contribution >= 4 is 23.5 Å². The van der Waals surface area contributed by atoms with Crippen LogP contribution in [0.2, 0.25) is 5.02 Å². The number of carboxylic acid groups (broad SMARTS) is 1. The molecule has 6 nitrogen and oxygen atoms in total. The van der Waals surface area contributed by atoms with E-state index in [0.29, 0.717) is 24.3 Å². The van der Waals surface area contributed by atoms with Crippen molar-refractivity contribution < 1.29 is 24.2 Å². The molecule has 0 saturated heterocycles. The lowest BCUT2D eigenvalue weighted by Gasteiger charge is -2.15. The Bertz CT molecular complexity index is 532. The van der Waals surface area contributed by atoms with Crippen molar-refractivity contribution in [1.82, 2.24) is 5.32 Å². The number of nitrogens with one attached hydrogen (secondary N) is 1. The van der Waals surface area contributed by atoms with Gasteiger partial charge in [-0.15, -0.1) is 0 Å². The van der Waals surface area contributed by atoms with Crippen LogP contribution in [-0.4, -0.2) is 37.2 Å². The molecule has 0 aliphatic carbocycles. The number of amides is 1. The third-order valence-electron chi connectivity index (χ3n) is 2.88. The summed E-state index contributed by atoms with van der Waals surface area (Å²) in [4.78, 5) is 23.2. The third kappa shape index (κ3) is 4.26. The second kappa shape index (κ2) is 7.73. The van der Waals surface area contributed by atoms with Crippen LogP contribution in [0.3, 0.4) is 0 Å². The predicted octanol–water partition coefficient (Wildman–Crippen LogP) is 2.34. The monoisotopic (exact) mass is 315 g/mol. The Morgan fingerprint density at radius 3 is 2.48 bits per heavy atom. The van der Waals surface area contributed by atoms with Gasteiger partial charge in [0.1, 0.15) is 6.04 Å². The number of aliphatic carboxylic acids is 1. The molecular formula is C14H18ClNO5. The maximum absolute atomic E-state index is 12.1. The molecule has 0 heterocycles. The Morgan fingerprint density at radius 1 is 1.33 bits per heavy atom. The summed E-state index contributed by atoms with van der Waals surface area (Å²) in [5.41, 5.74) is 0.208. The number of hydrogen-bond acceptors (Lipinski definition) is 4. The van der Waals surface area contributed by atoms with Gasteiger partial charge in [-0.25, -0.2) is 4.79 Å². The summed E-state index contributed by atoms with van der Waals surface area (Å²) in [6.45, 7) is 1.84. The molecule has 116 valence electrons. The maximum Gasteiger partial charge on any atom is 0.326 e. The number of rotatable bonds is 7. The first-order valence-corrected chi connectivity index (χ1v) is 6.77. The summed E-state index contributed by atoms with van der Waals surface area (Å²) in [6, 6.07) is 1.92. The molecule has 1 amide bonds. The summed E-state index contributed by atoms with van der Waals surface area (Å²) < 4.78 is 10.2. The Hall–Kier alpha value is -1.95. The molecule has 0 spiro atoms. The fourth-order valence-corrected chi connectivity index (χ4v) is 2.12. The molecule has 7 heteroatoms. The molecule has 0 bridgehead atoms. The zero-order valence-corrected chi connectivity index (χ0v) is 12.9. The fraction of sp³-hybridized carbons (Fsp3) is 0.429. The first-order valence-electron chi connectivity index (χ1n) is 6.39. The number of carboxylic acids is 1. The zero-order valence-electron chi connectivity index (χ0n) is 12.1. The van der Waals surface area contributed by atoms with Crippen LogP contribution in [0.4, 0.5) is 0 Å². The normalized spacial score (nSPS) is 11.6. The summed E-state index contributed by atoms with van der Waals surface area (Å²) in [7, 11) is 2.86. The fourth-order valence-electron chi connectivity index (χ4n) is 1.84. The van der Waals surface area contributed by atoms with Crippen molar-refractivity contribution in [2.75, 3.05) is 14.2 Å². The average molecular weight is 316 g/mol. The van der Waals surface area contributed by atoms with Crippen molar-refractivity contribution in [2.45, 2.75) is 25.8 Å². The highest BCUT2D eigenvalue weighted by atomic mass is 35.5. The lowest BCUT2D eigenvalue weighted by atomic mass is 10.1. The Morgan fingerprint density at radius 2 is 2.00 bits per heavy atom. The summed E-state index contributed by atoms with van der Waals surface area (Å²) >= 11 is 6.02. The van der Waals surface area contributed by atoms with Gasteiger partial charge in [0.15, 0.2) is 11.5 Å². The lowest BCUT2D eigenvalue weighted by Crippen LogP contribution is -2.40. The number of carbonyl (C=O) groups is 2. The second-order valence-electron chi connectivity index (χ2n) is 4.35. The number of hydrogen-bond donors (Lipinski definition) is 2. The second-order valence-corrected chi connectivity index (χ2v) is 4.75. The van der Waals surface area contributed by atoms with Crippen LogP contribution < -0.4 is 14.8 Å². The molecule has 21 heavy (non-hydrogen) atoms. The summed E-state index contributed by atoms with van der Waals surface area (Å²) in [6.07, 6.45) is 0.992. The minimum absolute atomic E-state index is 0.208. The van der Waals surface area contributed by atoms with E-state index < -0.39 is 17.9 Å². The zero-order chi connectivity index (χ0) is 16.0. The molecule has 1 aromatic rings. The van der Waals surface area contributed by atoms with Gasteiger partial charge in [0.05, 0.1) is 19.2 Å². The number of carbonyl (C=O) groups excluding carboxylic acids is 1. The predicted molar refractivity (Wildman–Crippen MR) is 78.4 cm³/mol. The molecule has 1 unspecified atom stereocenters. The van der Waals surface area contributed by atoms with Crippen molar-refractivity contribution in [1.29, 1.82) is 0 Å². The van der Waals surface area contributed by atoms with E-state index in [9.17, 15) is 9.59 Å². The summed E-state index contributed by atoms with van der Waals surface area (Å²) in [5, 5.41) is 11.7. The molecule has 1 aromatic carbocycles. The van der Waals surface area contributed by atoms with E-state index >= 15 is 0 Å². The van der Waals surface area contributed by atoms with E-state index in [4.69, 9.17) is 26.2 Å². The van der Waals surface area contributed by atoms with E-state index in [2.05, 4.69) is 5.32 Å². The van der Waals surface area contributed by atoms with Crippen LogP contribution in [0, 0.1) is 0 Å². The van der Waals surface area contributed by atoms with E-state index in [1.807, 2.05) is 6.92 Å². The Kier molecular flexibility index (Phi) is 6.30. The maximum atomic E-state index is 12.1. The third-order valence-corrected chi connectivity index (χ3v) is 3.16. The molecule has 0 fully saturated rings. The van der Waals surface area contributed by atoms with E-state index in [-0.39, 0.29) is 10.6 Å². The SMILES string of the molecule is CCCC(NC(=O)c1cc(Cl)c(OC)c(OC)c1)C(=O)O. The van der Waals surface area contributed by atoms with Gasteiger partial charge in [-0.2, -0.15) is 0 Å². The molecule has 1 rings (SSSR count). The van der Waals surface area contributed by atoms with Crippen LogP contribution in [-0.2, 0) is 4.79 Å². The van der Waals surface area contributed by atoms with Gasteiger partial charge in [0, 0.05) is 5.56 Å². The van der Waals surface area contributed by atoms with E-state index in [1.54, 1.807) is 0 Å². The number of methoxy groups -OCH3 is 2. The van der Waals surface area contributed by atoms with Gasteiger partial charge in [-0.3, -0.25) is 4.79 Å². The molecule has 0 radical (unpaired) electrons. The molecule has 0 aromatic heterocycles. The van der Waals surface area contributed by atoms with Gasteiger partial charge in [-0.1, -0.05) is 24.9 Å². The largest absolute Gasteiger partial charge is 0.493 e. The lowest BCUT2D eigenvalue weighted by molar-refractivity contribution is -0.139. The van der Waals surface area contributed by atoms with Crippen molar-refractivity contribution in [3.05, 3.63) is 22.7 Å². The van der Waals surface area contributed by atoms with Gasteiger partial charge in [-0.05, 0) is 18.6 Å². The number of ether oxygens (including phenoxy) is 2. The van der Waals surface area contributed by atoms with Gasteiger partial charge >= 0.3 is 5.97 Å². The highest BCUT2D eigenvalue weighted by molar-refractivity contribution is 6.32. The van der Waals surface area contributed by atoms with Crippen LogP contribution >= 0.6 is 11.6 Å². The van der Waals surface area contributed by atoms with E-state index in [1.165, 1.54) is 26.4 Å². The standard InChI is InChI=1S/C14H18ClNO5/c1-4-5-10(14(18)19)16-13(17)8-6-9(15)12(21-3)11(7-8)20-2/h6-7,10H,4-5H2,1-3H3,(H,16,17)(H,18,19). The quantitative estimate of drug-likeness (QED) is 0.806. The van der Waals surface area contributed by atoms with Crippen LogP contribution in [0.15, 0.2) is 12.1 Å². The van der Waals surface area contributed by atoms with Gasteiger partial charge in [0.25, 0.3) is 5.91 Å². The highest BCUT2D eigenvalue weighted by Crippen LogP contribution is 2.35. The van der Waals surface area contributed by atoms with Crippen LogP contribution in [0.25, 0.3) is 0 Å². The Balaban J connectivity index is 3.02. The highest BCUT2D eigenvalue weighted by Gasteiger charge is 2.21. The smallest absolute Gasteiger partial charge is 0.326 e. The van der Waals surface area contributed by atoms with E-state index in [0.717, 1.165) is 0 Å². The molecule has 0 aliphatic rings. The molecular weight excluding hydrogens is 298 g/mol. The van der Waals surface area contributed by atoms with Gasteiger partial charge in [0.2, 0.25) is 0 Å². The minimum Gasteiger partial charge on any atom is -0.493 e. The summed E-state index contributed by atoms with van der Waals surface area (Å²) in [5.74, 6) is -0.980. The van der Waals surface area contributed by atoms with Crippen molar-refractivity contribution in [3.8, 4) is 11.5 Å². The molecule has 0 aliphatic heterocycles. The molecule has 1 atom stereocenters. The molecule has 0 saturated carbocycles. The van der Waals surface area contributed by atoms with Crippen molar-refractivity contribution in [3.63, 3.8) is 0 Å². The first kappa shape index (κ1) is 17.1.